The second kappa shape index (κ2) is 14.6. The fourth-order valence-corrected chi connectivity index (χ4v) is 5.38. The molecule has 1 rings (SSSR count). The van der Waals surface area contributed by atoms with Crippen molar-refractivity contribution in [2.45, 2.75) is 94.5 Å². The van der Waals surface area contributed by atoms with Crippen molar-refractivity contribution < 1.29 is 7.81 Å². The van der Waals surface area contributed by atoms with Gasteiger partial charge in [-0.2, -0.15) is 0 Å². The zero-order valence-electron chi connectivity index (χ0n) is 13.5. The first-order valence-corrected chi connectivity index (χ1v) is 11.7. The Morgan fingerprint density at radius 1 is 0.900 bits per heavy atom. The molecule has 0 aromatic carbocycles. The van der Waals surface area contributed by atoms with Gasteiger partial charge in [-0.15, -0.1) is 0 Å². The summed E-state index contributed by atoms with van der Waals surface area (Å²) in [5.41, 5.74) is 0. The molecule has 0 bridgehead atoms. The summed E-state index contributed by atoms with van der Waals surface area (Å²) >= 11 is -0.688. The van der Waals surface area contributed by atoms with E-state index in [-0.39, 0.29) is 0 Å². The minimum atomic E-state index is -0.688. The summed E-state index contributed by atoms with van der Waals surface area (Å²) in [6, 6.07) is 0. The van der Waals surface area contributed by atoms with E-state index in [1.165, 1.54) is 83.5 Å². The Morgan fingerprint density at radius 2 is 1.55 bits per heavy atom. The van der Waals surface area contributed by atoms with Gasteiger partial charge < -0.3 is 0 Å². The second-order valence-electron chi connectivity index (χ2n) is 6.00. The third-order valence-electron chi connectivity index (χ3n) is 3.99. The summed E-state index contributed by atoms with van der Waals surface area (Å²) in [6.07, 6.45) is 17.9. The van der Waals surface area contributed by atoms with Crippen LogP contribution in [0, 0.1) is 0 Å². The van der Waals surface area contributed by atoms with E-state index in [1.54, 1.807) is 0 Å². The van der Waals surface area contributed by atoms with E-state index in [0.717, 1.165) is 13.2 Å². The molecule has 0 saturated carbocycles. The summed E-state index contributed by atoms with van der Waals surface area (Å²) in [5.74, 6) is 0. The van der Waals surface area contributed by atoms with Gasteiger partial charge in [-0.1, -0.05) is 6.92 Å². The number of unbranched alkanes of at least 4 members (excludes halogenated alkanes) is 9. The Morgan fingerprint density at radius 3 is 2.15 bits per heavy atom. The van der Waals surface area contributed by atoms with E-state index in [1.807, 2.05) is 0 Å². The molecule has 3 heteroatoms. The first kappa shape index (κ1) is 18.8. The fraction of sp³-hybridized carbons (Fsp3) is 1.00. The van der Waals surface area contributed by atoms with Gasteiger partial charge in [0.25, 0.3) is 0 Å². The first-order valence-electron chi connectivity index (χ1n) is 8.92. The number of hydrogen-bond donors (Lipinski definition) is 0. The van der Waals surface area contributed by atoms with Gasteiger partial charge >= 0.3 is 130 Å². The number of hydrogen-bond acceptors (Lipinski definition) is 2. The van der Waals surface area contributed by atoms with Crippen molar-refractivity contribution in [2.75, 3.05) is 13.2 Å². The van der Waals surface area contributed by atoms with Crippen LogP contribution in [0.2, 0.25) is 0 Å². The van der Waals surface area contributed by atoms with Crippen LogP contribution in [0.1, 0.15) is 90.4 Å². The quantitative estimate of drug-likeness (QED) is 0.324. The van der Waals surface area contributed by atoms with Crippen molar-refractivity contribution in [3.8, 4) is 0 Å². The Labute approximate surface area is 137 Å². The Kier molecular flexibility index (Phi) is 13.7. The molecule has 0 amide bonds. The van der Waals surface area contributed by atoms with E-state index >= 15 is 0 Å². The minimum absolute atomic E-state index is 0.551. The predicted molar refractivity (Wildman–Crippen MR) is 87.1 cm³/mol. The summed E-state index contributed by atoms with van der Waals surface area (Å²) in [5, 5.41) is 0. The Hall–Kier alpha value is 0.719. The summed E-state index contributed by atoms with van der Waals surface area (Å²) < 4.78 is 12.2. The summed E-state index contributed by atoms with van der Waals surface area (Å²) in [4.78, 5) is 0. The molecule has 1 fully saturated rings. The summed E-state index contributed by atoms with van der Waals surface area (Å²) in [7, 11) is 0. The van der Waals surface area contributed by atoms with E-state index in [0.29, 0.717) is 4.12 Å². The van der Waals surface area contributed by atoms with Crippen LogP contribution in [0.15, 0.2) is 0 Å². The molecule has 1 unspecified atom stereocenters. The zero-order chi connectivity index (χ0) is 14.3. The van der Waals surface area contributed by atoms with Crippen LogP contribution in [0.4, 0.5) is 0 Å². The molecule has 1 aliphatic heterocycles. The molecule has 1 aliphatic rings. The molecule has 0 N–H and O–H groups in total. The molecule has 1 heterocycles. The third-order valence-corrected chi connectivity index (χ3v) is 7.10. The van der Waals surface area contributed by atoms with Crippen LogP contribution in [0.3, 0.4) is 0 Å². The molecule has 118 valence electrons. The van der Waals surface area contributed by atoms with Crippen LogP contribution in [-0.4, -0.2) is 38.9 Å². The molecule has 0 aromatic heterocycles. The predicted octanol–water partition coefficient (Wildman–Crippen LogP) is 5.07. The van der Waals surface area contributed by atoms with Crippen LogP contribution >= 0.6 is 0 Å². The van der Waals surface area contributed by atoms with E-state index in [2.05, 4.69) is 6.92 Å². The summed E-state index contributed by atoms with van der Waals surface area (Å²) in [6.45, 7) is 4.27. The standard InChI is InChI=1S/C12H25O.C5H9O.Sn/c1-2-3-4-5-6-7-8-9-10-11-12-13;1-2-4-6-5-3-1;/h2-12H2,1H3;4H,1-3,5H2;/q-1;;+1. The molecule has 1 saturated heterocycles. The maximum absolute atomic E-state index is 5.89. The van der Waals surface area contributed by atoms with E-state index in [9.17, 15) is 0 Å². The Bertz CT molecular complexity index is 193. The molecule has 2 radical (unpaired) electrons. The molecule has 0 aromatic rings. The van der Waals surface area contributed by atoms with Crippen LogP contribution in [0.25, 0.3) is 0 Å². The van der Waals surface area contributed by atoms with Crippen molar-refractivity contribution >= 4 is 21.6 Å². The molecule has 0 spiro atoms. The number of rotatable bonds is 13. The third kappa shape index (κ3) is 11.4. The van der Waals surface area contributed by atoms with Gasteiger partial charge in [0.1, 0.15) is 0 Å². The van der Waals surface area contributed by atoms with Crippen molar-refractivity contribution in [1.82, 2.24) is 0 Å². The molecule has 20 heavy (non-hydrogen) atoms. The van der Waals surface area contributed by atoms with Gasteiger partial charge in [0.2, 0.25) is 0 Å². The topological polar surface area (TPSA) is 18.5 Å². The van der Waals surface area contributed by atoms with Crippen LogP contribution in [0.5, 0.6) is 0 Å². The SMILES string of the molecule is CCCCCCCCCCCC[O][Sn][CH]1CCCCO1. The Balaban J connectivity index is 1.70. The van der Waals surface area contributed by atoms with Gasteiger partial charge in [-0.3, -0.25) is 0 Å². The molecular formula is C17H34O2Sn. The average molecular weight is 389 g/mol. The van der Waals surface area contributed by atoms with Gasteiger partial charge in [0, 0.05) is 0 Å². The van der Waals surface area contributed by atoms with Crippen molar-refractivity contribution in [3.63, 3.8) is 0 Å². The van der Waals surface area contributed by atoms with Gasteiger partial charge in [-0.25, -0.2) is 0 Å². The number of ether oxygens (including phenoxy) is 1. The van der Waals surface area contributed by atoms with Crippen molar-refractivity contribution in [3.05, 3.63) is 0 Å². The van der Waals surface area contributed by atoms with E-state index < -0.39 is 21.6 Å². The van der Waals surface area contributed by atoms with Gasteiger partial charge in [0.05, 0.1) is 0 Å². The molecule has 2 nitrogen and oxygen atoms in total. The first-order chi connectivity index (χ1) is 9.93. The van der Waals surface area contributed by atoms with Crippen LogP contribution < -0.4 is 0 Å². The molecular weight excluding hydrogens is 355 g/mol. The average Bonchev–Trinajstić information content (AvgIpc) is 2.49. The van der Waals surface area contributed by atoms with Crippen molar-refractivity contribution in [1.29, 1.82) is 0 Å². The van der Waals surface area contributed by atoms with Gasteiger partial charge in [-0.05, 0) is 0 Å². The monoisotopic (exact) mass is 390 g/mol. The van der Waals surface area contributed by atoms with Crippen LogP contribution in [-0.2, 0) is 7.81 Å². The van der Waals surface area contributed by atoms with Gasteiger partial charge in [0.15, 0.2) is 0 Å². The zero-order valence-corrected chi connectivity index (χ0v) is 16.4. The van der Waals surface area contributed by atoms with Crippen molar-refractivity contribution in [2.24, 2.45) is 0 Å². The fourth-order valence-electron chi connectivity index (χ4n) is 2.65. The molecule has 1 atom stereocenters. The second-order valence-corrected chi connectivity index (χ2v) is 9.34. The maximum atomic E-state index is 5.89. The normalized spacial score (nSPS) is 19.4. The molecule has 0 aliphatic carbocycles. The van der Waals surface area contributed by atoms with E-state index in [4.69, 9.17) is 7.81 Å².